The quantitative estimate of drug-likeness (QED) is 0.838. The van der Waals surface area contributed by atoms with Gasteiger partial charge in [0.2, 0.25) is 0 Å². The Labute approximate surface area is 126 Å². The van der Waals surface area contributed by atoms with Crippen molar-refractivity contribution in [3.8, 4) is 11.8 Å². The lowest BCUT2D eigenvalue weighted by atomic mass is 9.98. The molecule has 1 saturated carbocycles. The summed E-state index contributed by atoms with van der Waals surface area (Å²) in [5, 5.41) is 11.8. The van der Waals surface area contributed by atoms with Crippen molar-refractivity contribution in [2.45, 2.75) is 33.1 Å². The molecule has 2 unspecified atom stereocenters. The van der Waals surface area contributed by atoms with E-state index in [4.69, 9.17) is 5.11 Å². The first-order valence-corrected chi connectivity index (χ1v) is 7.59. The second-order valence-electron chi connectivity index (χ2n) is 5.93. The van der Waals surface area contributed by atoms with Gasteiger partial charge in [-0.3, -0.25) is 4.79 Å². The average Bonchev–Trinajstić information content (AvgIpc) is 2.87. The highest BCUT2D eigenvalue weighted by Crippen LogP contribution is 2.30. The average molecular weight is 285 g/mol. The van der Waals surface area contributed by atoms with Crippen molar-refractivity contribution >= 4 is 5.91 Å². The number of carbonyl (C=O) groups is 1. The van der Waals surface area contributed by atoms with Crippen LogP contribution in [-0.4, -0.2) is 24.2 Å². The van der Waals surface area contributed by atoms with Gasteiger partial charge in [-0.05, 0) is 48.9 Å². The van der Waals surface area contributed by atoms with Crippen molar-refractivity contribution in [1.29, 1.82) is 0 Å². The standard InChI is InChI=1S/C18H23NO2/c1-13-9-15(6-4-8-20)11-17(10-13)18(21)19-12-16-7-3-5-14(16)2/h9-11,14,16,20H,3,5,7-8,12H2,1-2H3,(H,19,21). The maximum Gasteiger partial charge on any atom is 0.251 e. The maximum atomic E-state index is 12.3. The largest absolute Gasteiger partial charge is 0.384 e. The molecule has 0 spiro atoms. The van der Waals surface area contributed by atoms with Crippen molar-refractivity contribution < 1.29 is 9.90 Å². The molecule has 0 radical (unpaired) electrons. The Balaban J connectivity index is 2.03. The van der Waals surface area contributed by atoms with Gasteiger partial charge in [0, 0.05) is 17.7 Å². The third-order valence-corrected chi connectivity index (χ3v) is 4.22. The Kier molecular flexibility index (Phi) is 5.41. The van der Waals surface area contributed by atoms with Crippen LogP contribution in [0.4, 0.5) is 0 Å². The van der Waals surface area contributed by atoms with Crippen LogP contribution in [0.15, 0.2) is 18.2 Å². The Morgan fingerprint density at radius 1 is 1.38 bits per heavy atom. The molecule has 3 heteroatoms. The van der Waals surface area contributed by atoms with Gasteiger partial charge in [-0.25, -0.2) is 0 Å². The van der Waals surface area contributed by atoms with Crippen LogP contribution in [0, 0.1) is 30.6 Å². The summed E-state index contributed by atoms with van der Waals surface area (Å²) in [6, 6.07) is 5.57. The zero-order chi connectivity index (χ0) is 15.2. The second-order valence-corrected chi connectivity index (χ2v) is 5.93. The number of benzene rings is 1. The monoisotopic (exact) mass is 285 g/mol. The van der Waals surface area contributed by atoms with Gasteiger partial charge in [-0.2, -0.15) is 0 Å². The molecule has 0 bridgehead atoms. The molecule has 0 heterocycles. The Morgan fingerprint density at radius 3 is 2.86 bits per heavy atom. The molecule has 2 rings (SSSR count). The van der Waals surface area contributed by atoms with Crippen molar-refractivity contribution in [2.75, 3.05) is 13.2 Å². The zero-order valence-corrected chi connectivity index (χ0v) is 12.8. The predicted molar refractivity (Wildman–Crippen MR) is 84.0 cm³/mol. The van der Waals surface area contributed by atoms with Crippen molar-refractivity contribution in [3.63, 3.8) is 0 Å². The predicted octanol–water partition coefficient (Wildman–Crippen LogP) is 2.50. The highest BCUT2D eigenvalue weighted by Gasteiger charge is 2.23. The van der Waals surface area contributed by atoms with Gasteiger partial charge in [0.1, 0.15) is 6.61 Å². The smallest absolute Gasteiger partial charge is 0.251 e. The van der Waals surface area contributed by atoms with Crippen LogP contribution in [0.3, 0.4) is 0 Å². The van der Waals surface area contributed by atoms with Crippen molar-refractivity contribution in [3.05, 3.63) is 34.9 Å². The van der Waals surface area contributed by atoms with Gasteiger partial charge in [-0.1, -0.05) is 31.6 Å². The summed E-state index contributed by atoms with van der Waals surface area (Å²) in [6.45, 7) is 4.79. The lowest BCUT2D eigenvalue weighted by Gasteiger charge is -2.16. The minimum absolute atomic E-state index is 0.0372. The minimum Gasteiger partial charge on any atom is -0.384 e. The molecule has 3 nitrogen and oxygen atoms in total. The summed E-state index contributed by atoms with van der Waals surface area (Å²) in [5.41, 5.74) is 2.41. The van der Waals surface area contributed by atoms with Gasteiger partial charge in [0.25, 0.3) is 5.91 Å². The molecular weight excluding hydrogens is 262 g/mol. The van der Waals surface area contributed by atoms with Gasteiger partial charge in [-0.15, -0.1) is 0 Å². The lowest BCUT2D eigenvalue weighted by Crippen LogP contribution is -2.30. The summed E-state index contributed by atoms with van der Waals surface area (Å²) in [7, 11) is 0. The molecule has 112 valence electrons. The van der Waals surface area contributed by atoms with E-state index in [1.165, 1.54) is 19.3 Å². The Bertz CT molecular complexity index is 568. The van der Waals surface area contributed by atoms with Gasteiger partial charge in [0.05, 0.1) is 0 Å². The van der Waals surface area contributed by atoms with E-state index in [-0.39, 0.29) is 12.5 Å². The van der Waals surface area contributed by atoms with E-state index >= 15 is 0 Å². The molecule has 1 aliphatic rings. The van der Waals surface area contributed by atoms with Crippen LogP contribution in [0.2, 0.25) is 0 Å². The number of aliphatic hydroxyl groups excluding tert-OH is 1. The topological polar surface area (TPSA) is 49.3 Å². The van der Waals surface area contributed by atoms with Crippen LogP contribution < -0.4 is 5.32 Å². The highest BCUT2D eigenvalue weighted by molar-refractivity contribution is 5.94. The van der Waals surface area contributed by atoms with Crippen LogP contribution >= 0.6 is 0 Å². The number of nitrogens with one attached hydrogen (secondary N) is 1. The van der Waals surface area contributed by atoms with Crippen molar-refractivity contribution in [1.82, 2.24) is 5.32 Å². The highest BCUT2D eigenvalue weighted by atomic mass is 16.2. The van der Waals surface area contributed by atoms with Gasteiger partial charge in [0.15, 0.2) is 0 Å². The minimum atomic E-state index is -0.172. The molecule has 1 aromatic rings. The number of rotatable bonds is 3. The molecule has 0 aliphatic heterocycles. The van der Waals surface area contributed by atoms with E-state index in [2.05, 4.69) is 24.1 Å². The molecule has 2 N–H and O–H groups in total. The molecule has 1 fully saturated rings. The molecule has 1 aliphatic carbocycles. The van der Waals surface area contributed by atoms with E-state index in [9.17, 15) is 4.79 Å². The van der Waals surface area contributed by atoms with E-state index in [0.29, 0.717) is 17.4 Å². The summed E-state index contributed by atoms with van der Waals surface area (Å²) >= 11 is 0. The second kappa shape index (κ2) is 7.28. The van der Waals surface area contributed by atoms with Gasteiger partial charge < -0.3 is 10.4 Å². The SMILES string of the molecule is Cc1cc(C#CCO)cc(C(=O)NCC2CCCC2C)c1. The summed E-state index contributed by atoms with van der Waals surface area (Å²) in [6.07, 6.45) is 3.75. The fraction of sp³-hybridized carbons (Fsp3) is 0.500. The number of hydrogen-bond donors (Lipinski definition) is 2. The Morgan fingerprint density at radius 2 is 2.19 bits per heavy atom. The molecular formula is C18H23NO2. The lowest BCUT2D eigenvalue weighted by molar-refractivity contribution is 0.0944. The first-order chi connectivity index (χ1) is 10.1. The normalized spacial score (nSPS) is 20.7. The van der Waals surface area contributed by atoms with Crippen LogP contribution in [-0.2, 0) is 0 Å². The number of hydrogen-bond acceptors (Lipinski definition) is 2. The first kappa shape index (κ1) is 15.6. The summed E-state index contributed by atoms with van der Waals surface area (Å²) < 4.78 is 0. The van der Waals surface area contributed by atoms with Gasteiger partial charge >= 0.3 is 0 Å². The molecule has 1 amide bonds. The van der Waals surface area contributed by atoms with E-state index in [1.807, 2.05) is 19.1 Å². The fourth-order valence-corrected chi connectivity index (χ4v) is 2.98. The van der Waals surface area contributed by atoms with Crippen molar-refractivity contribution in [2.24, 2.45) is 11.8 Å². The number of aliphatic hydroxyl groups is 1. The molecule has 0 aromatic heterocycles. The van der Waals surface area contributed by atoms with E-state index in [1.54, 1.807) is 6.07 Å². The van der Waals surface area contributed by atoms with Crippen LogP contribution in [0.25, 0.3) is 0 Å². The number of amides is 1. The van der Waals surface area contributed by atoms with Crippen LogP contribution in [0.1, 0.15) is 47.7 Å². The molecule has 1 aromatic carbocycles. The zero-order valence-electron chi connectivity index (χ0n) is 12.8. The van der Waals surface area contributed by atoms with Crippen LogP contribution in [0.5, 0.6) is 0 Å². The fourth-order valence-electron chi connectivity index (χ4n) is 2.98. The molecule has 0 saturated heterocycles. The number of aryl methyl sites for hydroxylation is 1. The summed E-state index contributed by atoms with van der Waals surface area (Å²) in [5.74, 6) is 6.74. The first-order valence-electron chi connectivity index (χ1n) is 7.59. The van der Waals surface area contributed by atoms with E-state index < -0.39 is 0 Å². The third kappa shape index (κ3) is 4.34. The maximum absolute atomic E-state index is 12.3. The summed E-state index contributed by atoms with van der Waals surface area (Å²) in [4.78, 5) is 12.3. The third-order valence-electron chi connectivity index (χ3n) is 4.22. The van der Waals surface area contributed by atoms with E-state index in [0.717, 1.165) is 17.7 Å². The Hall–Kier alpha value is -1.79. The molecule has 2 atom stereocenters. The molecule has 21 heavy (non-hydrogen) atoms. The number of carbonyl (C=O) groups excluding carboxylic acids is 1.